The Morgan fingerprint density at radius 3 is 2.71 bits per heavy atom. The van der Waals surface area contributed by atoms with E-state index < -0.39 is 0 Å². The molecule has 0 amide bonds. The van der Waals surface area contributed by atoms with E-state index in [0.717, 1.165) is 4.59 Å². The van der Waals surface area contributed by atoms with Crippen molar-refractivity contribution < 1.29 is 0 Å². The van der Waals surface area contributed by atoms with Crippen LogP contribution in [0.3, 0.4) is 0 Å². The van der Waals surface area contributed by atoms with Crippen LogP contribution in [0.25, 0.3) is 0 Å². The van der Waals surface area contributed by atoms with Gasteiger partial charge in [-0.05, 0) is 0 Å². The van der Waals surface area contributed by atoms with Gasteiger partial charge in [0.25, 0.3) is 0 Å². The quantitative estimate of drug-likeness (QED) is 0.455. The predicted octanol–water partition coefficient (Wildman–Crippen LogP) is -0.786. The van der Waals surface area contributed by atoms with E-state index in [4.69, 9.17) is 0 Å². The molecule has 0 spiro atoms. The Morgan fingerprint density at radius 1 is 1.86 bits per heavy atom. The third kappa shape index (κ3) is 0.842. The fraction of sp³-hybridized carbons (Fsp3) is 0.250. The molecule has 1 aromatic heterocycles. The maximum absolute atomic E-state index is 3.90. The molecule has 3 heteroatoms. The second-order valence-corrected chi connectivity index (χ2v) is 2.17. The van der Waals surface area contributed by atoms with Gasteiger partial charge >= 0.3 is 49.7 Å². The van der Waals surface area contributed by atoms with Crippen LogP contribution in [0.2, 0.25) is 0 Å². The first-order valence-electron chi connectivity index (χ1n) is 1.96. The fourth-order valence-corrected chi connectivity index (χ4v) is 0.588. The van der Waals surface area contributed by atoms with Crippen LogP contribution in [0.1, 0.15) is 0 Å². The van der Waals surface area contributed by atoms with Crippen LogP contribution < -0.4 is 4.59 Å². The molecule has 37 valence electrons. The summed E-state index contributed by atoms with van der Waals surface area (Å²) in [5.74, 6) is 0. The van der Waals surface area contributed by atoms with Gasteiger partial charge in [0.1, 0.15) is 0 Å². The van der Waals surface area contributed by atoms with Crippen molar-refractivity contribution in [1.82, 2.24) is 9.78 Å². The normalized spacial score (nSPS) is 9.29. The predicted molar refractivity (Wildman–Crippen MR) is 28.6 cm³/mol. The van der Waals surface area contributed by atoms with Gasteiger partial charge in [0.05, 0.1) is 0 Å². The van der Waals surface area contributed by atoms with Crippen LogP contribution >= 0.6 is 0 Å². The van der Waals surface area contributed by atoms with Gasteiger partial charge in [-0.1, -0.05) is 0 Å². The first-order valence-corrected chi connectivity index (χ1v) is 2.81. The Hall–Kier alpha value is -0.271. The van der Waals surface area contributed by atoms with Gasteiger partial charge in [-0.2, -0.15) is 0 Å². The molecular weight excluding hydrogens is 155 g/mol. The molecular formula is C4H5N2Se. The summed E-state index contributed by atoms with van der Waals surface area (Å²) in [6.07, 6.45) is 1.76. The van der Waals surface area contributed by atoms with E-state index in [2.05, 4.69) is 21.1 Å². The van der Waals surface area contributed by atoms with Crippen LogP contribution in [-0.2, 0) is 7.05 Å². The van der Waals surface area contributed by atoms with Gasteiger partial charge in [-0.3, -0.25) is 0 Å². The molecule has 0 saturated heterocycles. The Morgan fingerprint density at radius 2 is 2.57 bits per heavy atom. The van der Waals surface area contributed by atoms with Crippen LogP contribution in [0.4, 0.5) is 0 Å². The Bertz CT molecular complexity index is 142. The van der Waals surface area contributed by atoms with Gasteiger partial charge in [-0.15, -0.1) is 0 Å². The zero-order valence-electron chi connectivity index (χ0n) is 3.96. The van der Waals surface area contributed by atoms with Gasteiger partial charge in [0, 0.05) is 0 Å². The number of rotatable bonds is 0. The fourth-order valence-electron chi connectivity index (χ4n) is 0.362. The first kappa shape index (κ1) is 4.88. The molecule has 0 unspecified atom stereocenters. The van der Waals surface area contributed by atoms with Gasteiger partial charge in [-0.25, -0.2) is 0 Å². The second kappa shape index (κ2) is 1.68. The van der Waals surface area contributed by atoms with E-state index in [1.165, 1.54) is 0 Å². The molecule has 0 aliphatic rings. The van der Waals surface area contributed by atoms with Crippen molar-refractivity contribution in [3.63, 3.8) is 0 Å². The number of aryl methyl sites for hydroxylation is 1. The van der Waals surface area contributed by atoms with Gasteiger partial charge < -0.3 is 0 Å². The zero-order chi connectivity index (χ0) is 5.28. The Balaban J connectivity index is 3.12. The van der Waals surface area contributed by atoms with E-state index in [1.54, 1.807) is 10.9 Å². The average molecular weight is 160 g/mol. The van der Waals surface area contributed by atoms with Crippen molar-refractivity contribution in [2.24, 2.45) is 7.05 Å². The van der Waals surface area contributed by atoms with E-state index in [0.29, 0.717) is 0 Å². The molecule has 0 aromatic carbocycles. The molecule has 0 aliphatic heterocycles. The molecule has 1 heterocycles. The van der Waals surface area contributed by atoms with Crippen molar-refractivity contribution >= 4 is 20.6 Å². The monoisotopic (exact) mass is 161 g/mol. The summed E-state index contributed by atoms with van der Waals surface area (Å²) in [6.45, 7) is 0. The maximum atomic E-state index is 3.90. The summed E-state index contributed by atoms with van der Waals surface area (Å²) in [4.78, 5) is 0. The van der Waals surface area contributed by atoms with Gasteiger partial charge in [0.2, 0.25) is 0 Å². The first-order chi connectivity index (χ1) is 3.30. The molecule has 0 saturated carbocycles. The number of hydrogen-bond donors (Lipinski definition) is 0. The van der Waals surface area contributed by atoms with Crippen LogP contribution in [0, 0.1) is 0 Å². The molecule has 0 N–H and O–H groups in total. The summed E-state index contributed by atoms with van der Waals surface area (Å²) in [7, 11) is 1.89. The van der Waals surface area contributed by atoms with Crippen LogP contribution in [0.5, 0.6) is 0 Å². The molecule has 7 heavy (non-hydrogen) atoms. The molecule has 0 fully saturated rings. The summed E-state index contributed by atoms with van der Waals surface area (Å²) < 4.78 is 2.85. The van der Waals surface area contributed by atoms with E-state index in [9.17, 15) is 0 Å². The van der Waals surface area contributed by atoms with E-state index in [1.807, 2.05) is 13.1 Å². The molecule has 2 nitrogen and oxygen atoms in total. The molecule has 0 aliphatic carbocycles. The Kier molecular flexibility index (Phi) is 1.17. The number of nitrogens with zero attached hydrogens (tertiary/aromatic N) is 2. The van der Waals surface area contributed by atoms with Crippen LogP contribution in [-0.4, -0.2) is 25.8 Å². The molecule has 1 aromatic rings. The third-order valence-corrected chi connectivity index (χ3v) is 1.62. The average Bonchev–Trinajstić information content (AvgIpc) is 1.91. The molecule has 0 bridgehead atoms. The minimum atomic E-state index is 1.07. The van der Waals surface area contributed by atoms with Crippen molar-refractivity contribution in [2.45, 2.75) is 0 Å². The molecule has 1 rings (SSSR count). The minimum absolute atomic E-state index is 1.07. The Labute approximate surface area is 50.3 Å². The third-order valence-electron chi connectivity index (χ3n) is 0.776. The molecule has 1 radical (unpaired) electrons. The van der Waals surface area contributed by atoms with Crippen molar-refractivity contribution in [1.29, 1.82) is 0 Å². The number of aromatic nitrogens is 2. The van der Waals surface area contributed by atoms with E-state index >= 15 is 0 Å². The standard InChI is InChI=1S/C4H5N2Se/c1-6-4(7)2-3-5-6/h2-3H,1H3. The molecule has 0 atom stereocenters. The summed E-state index contributed by atoms with van der Waals surface area (Å²) in [5, 5.41) is 3.90. The van der Waals surface area contributed by atoms with Crippen LogP contribution in [0.15, 0.2) is 12.3 Å². The van der Waals surface area contributed by atoms with E-state index in [-0.39, 0.29) is 0 Å². The number of hydrogen-bond acceptors (Lipinski definition) is 1. The summed E-state index contributed by atoms with van der Waals surface area (Å²) >= 11 is 2.85. The van der Waals surface area contributed by atoms with Gasteiger partial charge in [0.15, 0.2) is 0 Å². The second-order valence-electron chi connectivity index (χ2n) is 1.29. The summed E-state index contributed by atoms with van der Waals surface area (Å²) in [5.41, 5.74) is 0. The SMILES string of the molecule is Cn1nccc1[Se]. The topological polar surface area (TPSA) is 17.8 Å². The summed E-state index contributed by atoms with van der Waals surface area (Å²) in [6, 6.07) is 1.92. The van der Waals surface area contributed by atoms with Crippen molar-refractivity contribution in [3.8, 4) is 0 Å². The zero-order valence-corrected chi connectivity index (χ0v) is 5.67. The van der Waals surface area contributed by atoms with Crippen molar-refractivity contribution in [2.75, 3.05) is 0 Å². The van der Waals surface area contributed by atoms with Crippen molar-refractivity contribution in [3.05, 3.63) is 12.3 Å².